The summed E-state index contributed by atoms with van der Waals surface area (Å²) in [6, 6.07) is 0. The third-order valence-electron chi connectivity index (χ3n) is 3.16. The maximum Gasteiger partial charge on any atom is 0.234 e. The number of amides is 1. The van der Waals surface area contributed by atoms with Crippen molar-refractivity contribution in [3.8, 4) is 12.3 Å². The predicted octanol–water partition coefficient (Wildman–Crippen LogP) is 0.411. The van der Waals surface area contributed by atoms with Crippen LogP contribution < -0.4 is 10.6 Å². The highest BCUT2D eigenvalue weighted by atomic mass is 16.3. The van der Waals surface area contributed by atoms with Gasteiger partial charge in [0.25, 0.3) is 0 Å². The zero-order valence-electron chi connectivity index (χ0n) is 10.3. The fraction of sp³-hybridized carbons (Fsp3) is 0.769. The van der Waals surface area contributed by atoms with Crippen molar-refractivity contribution in [2.75, 3.05) is 19.6 Å². The standard InChI is InChI=1S/C13H22N2O2/c1-2-9-14-10-12(16)15-11-13(17)7-5-3-4-6-8-13/h1,14,17H,3-11H2,(H,15,16). The molecule has 0 heterocycles. The fourth-order valence-corrected chi connectivity index (χ4v) is 2.14. The molecule has 1 saturated carbocycles. The monoisotopic (exact) mass is 238 g/mol. The second kappa shape index (κ2) is 7.31. The van der Waals surface area contributed by atoms with E-state index in [4.69, 9.17) is 6.42 Å². The first-order valence-electron chi connectivity index (χ1n) is 6.29. The maximum absolute atomic E-state index is 11.4. The molecular formula is C13H22N2O2. The largest absolute Gasteiger partial charge is 0.388 e. The molecule has 4 heteroatoms. The van der Waals surface area contributed by atoms with E-state index in [1.807, 2.05) is 0 Å². The summed E-state index contributed by atoms with van der Waals surface area (Å²) in [6.45, 7) is 0.946. The summed E-state index contributed by atoms with van der Waals surface area (Å²) in [7, 11) is 0. The van der Waals surface area contributed by atoms with Crippen LogP contribution in [-0.4, -0.2) is 36.2 Å². The first-order chi connectivity index (χ1) is 8.16. The number of terminal acetylenes is 1. The average molecular weight is 238 g/mol. The lowest BCUT2D eigenvalue weighted by Crippen LogP contribution is -2.45. The highest BCUT2D eigenvalue weighted by Crippen LogP contribution is 2.26. The number of nitrogens with one attached hydrogen (secondary N) is 2. The molecule has 3 N–H and O–H groups in total. The summed E-state index contributed by atoms with van der Waals surface area (Å²) in [5, 5.41) is 15.9. The number of aliphatic hydroxyl groups is 1. The number of carbonyl (C=O) groups excluding carboxylic acids is 1. The van der Waals surface area contributed by atoms with E-state index in [0.29, 0.717) is 13.1 Å². The predicted molar refractivity (Wildman–Crippen MR) is 67.4 cm³/mol. The number of carbonyl (C=O) groups is 1. The van der Waals surface area contributed by atoms with E-state index in [1.165, 1.54) is 12.8 Å². The summed E-state index contributed by atoms with van der Waals surface area (Å²) in [6.07, 6.45) is 11.1. The Labute approximate surface area is 103 Å². The van der Waals surface area contributed by atoms with Gasteiger partial charge in [-0.05, 0) is 12.8 Å². The van der Waals surface area contributed by atoms with Gasteiger partial charge in [0.05, 0.1) is 18.7 Å². The SMILES string of the molecule is C#CCNCC(=O)NCC1(O)CCCCCC1. The summed E-state index contributed by atoms with van der Waals surface area (Å²) >= 11 is 0. The number of rotatable bonds is 5. The Balaban J connectivity index is 2.23. The van der Waals surface area contributed by atoms with E-state index < -0.39 is 5.60 Å². The van der Waals surface area contributed by atoms with E-state index >= 15 is 0 Å². The molecule has 0 spiro atoms. The molecule has 0 aromatic heterocycles. The van der Waals surface area contributed by atoms with E-state index in [2.05, 4.69) is 16.6 Å². The van der Waals surface area contributed by atoms with Crippen LogP contribution in [0.3, 0.4) is 0 Å². The second-order valence-corrected chi connectivity index (χ2v) is 4.72. The number of hydrogen-bond donors (Lipinski definition) is 3. The molecule has 0 radical (unpaired) electrons. The van der Waals surface area contributed by atoms with E-state index in [1.54, 1.807) is 0 Å². The van der Waals surface area contributed by atoms with E-state index in [-0.39, 0.29) is 12.5 Å². The van der Waals surface area contributed by atoms with Crippen LogP contribution in [0.25, 0.3) is 0 Å². The van der Waals surface area contributed by atoms with Crippen LogP contribution in [0.15, 0.2) is 0 Å². The zero-order valence-corrected chi connectivity index (χ0v) is 10.3. The summed E-state index contributed by atoms with van der Waals surface area (Å²) in [5.74, 6) is 2.29. The van der Waals surface area contributed by atoms with Crippen LogP contribution in [0.1, 0.15) is 38.5 Å². The molecule has 1 aliphatic rings. The maximum atomic E-state index is 11.4. The molecule has 0 atom stereocenters. The quantitative estimate of drug-likeness (QED) is 0.369. The Morgan fingerprint density at radius 1 is 1.29 bits per heavy atom. The van der Waals surface area contributed by atoms with Crippen LogP contribution in [-0.2, 0) is 4.79 Å². The van der Waals surface area contributed by atoms with Gasteiger partial charge in [-0.1, -0.05) is 31.6 Å². The molecule has 1 rings (SSSR count). The van der Waals surface area contributed by atoms with E-state index in [0.717, 1.165) is 25.7 Å². The lowest BCUT2D eigenvalue weighted by molar-refractivity contribution is -0.121. The van der Waals surface area contributed by atoms with Gasteiger partial charge in [0.2, 0.25) is 5.91 Å². The molecule has 1 aliphatic carbocycles. The van der Waals surface area contributed by atoms with Crippen molar-refractivity contribution in [3.05, 3.63) is 0 Å². The Morgan fingerprint density at radius 2 is 1.94 bits per heavy atom. The van der Waals surface area contributed by atoms with Gasteiger partial charge in [-0.3, -0.25) is 10.1 Å². The highest BCUT2D eigenvalue weighted by Gasteiger charge is 2.28. The van der Waals surface area contributed by atoms with E-state index in [9.17, 15) is 9.90 Å². The first kappa shape index (κ1) is 14.0. The number of hydrogen-bond acceptors (Lipinski definition) is 3. The topological polar surface area (TPSA) is 61.4 Å². The molecule has 0 aromatic rings. The van der Waals surface area contributed by atoms with Gasteiger partial charge in [0.15, 0.2) is 0 Å². The molecule has 0 saturated heterocycles. The van der Waals surface area contributed by atoms with Crippen molar-refractivity contribution in [3.63, 3.8) is 0 Å². The zero-order chi connectivity index (χ0) is 12.6. The Bertz CT molecular complexity index is 276. The molecule has 17 heavy (non-hydrogen) atoms. The minimum atomic E-state index is -0.710. The third-order valence-corrected chi connectivity index (χ3v) is 3.16. The van der Waals surface area contributed by atoms with Crippen LogP contribution in [0.4, 0.5) is 0 Å². The van der Waals surface area contributed by atoms with Crippen molar-refractivity contribution in [1.82, 2.24) is 10.6 Å². The smallest absolute Gasteiger partial charge is 0.234 e. The summed E-state index contributed by atoms with van der Waals surface area (Å²) in [5.41, 5.74) is -0.710. The van der Waals surface area contributed by atoms with Crippen molar-refractivity contribution < 1.29 is 9.90 Å². The van der Waals surface area contributed by atoms with Crippen molar-refractivity contribution in [2.24, 2.45) is 0 Å². The van der Waals surface area contributed by atoms with Gasteiger partial charge in [-0.2, -0.15) is 0 Å². The van der Waals surface area contributed by atoms with Gasteiger partial charge >= 0.3 is 0 Å². The summed E-state index contributed by atoms with van der Waals surface area (Å²) < 4.78 is 0. The molecule has 0 bridgehead atoms. The lowest BCUT2D eigenvalue weighted by Gasteiger charge is -2.26. The van der Waals surface area contributed by atoms with Gasteiger partial charge in [0.1, 0.15) is 0 Å². The minimum Gasteiger partial charge on any atom is -0.388 e. The van der Waals surface area contributed by atoms with Gasteiger partial charge in [-0.15, -0.1) is 6.42 Å². The third kappa shape index (κ3) is 5.71. The molecule has 0 unspecified atom stereocenters. The molecular weight excluding hydrogens is 216 g/mol. The fourth-order valence-electron chi connectivity index (χ4n) is 2.14. The molecule has 96 valence electrons. The molecule has 0 aromatic carbocycles. The Morgan fingerprint density at radius 3 is 2.53 bits per heavy atom. The molecule has 4 nitrogen and oxygen atoms in total. The Kier molecular flexibility index (Phi) is 6.03. The molecule has 1 amide bonds. The highest BCUT2D eigenvalue weighted by molar-refractivity contribution is 5.78. The first-order valence-corrected chi connectivity index (χ1v) is 6.29. The van der Waals surface area contributed by atoms with Gasteiger partial charge in [0, 0.05) is 6.54 Å². The van der Waals surface area contributed by atoms with Crippen LogP contribution in [0, 0.1) is 12.3 Å². The van der Waals surface area contributed by atoms with Crippen LogP contribution >= 0.6 is 0 Å². The average Bonchev–Trinajstić information content (AvgIpc) is 2.53. The Hall–Kier alpha value is -1.05. The van der Waals surface area contributed by atoms with Gasteiger partial charge in [-0.25, -0.2) is 0 Å². The lowest BCUT2D eigenvalue weighted by atomic mass is 9.94. The van der Waals surface area contributed by atoms with Crippen molar-refractivity contribution in [2.45, 2.75) is 44.1 Å². The van der Waals surface area contributed by atoms with Crippen LogP contribution in [0.2, 0.25) is 0 Å². The summed E-state index contributed by atoms with van der Waals surface area (Å²) in [4.78, 5) is 11.4. The van der Waals surface area contributed by atoms with Crippen molar-refractivity contribution >= 4 is 5.91 Å². The van der Waals surface area contributed by atoms with Gasteiger partial charge < -0.3 is 10.4 Å². The van der Waals surface area contributed by atoms with Crippen LogP contribution in [0.5, 0.6) is 0 Å². The normalized spacial score (nSPS) is 19.1. The minimum absolute atomic E-state index is 0.113. The second-order valence-electron chi connectivity index (χ2n) is 4.72. The van der Waals surface area contributed by atoms with Crippen molar-refractivity contribution in [1.29, 1.82) is 0 Å². The molecule has 1 fully saturated rings. The molecule has 0 aliphatic heterocycles.